The van der Waals surface area contributed by atoms with Crippen molar-refractivity contribution in [3.8, 4) is 17.0 Å². The number of likely N-dealkylation sites (N-methyl/N-ethyl adjacent to an activating group) is 1. The first-order valence-electron chi connectivity index (χ1n) is 8.41. The number of benzene rings is 1. The Hall–Kier alpha value is -2.74. The molecule has 1 aliphatic rings. The van der Waals surface area contributed by atoms with Crippen LogP contribution >= 0.6 is 0 Å². The Labute approximate surface area is 149 Å². The van der Waals surface area contributed by atoms with Crippen molar-refractivity contribution in [2.24, 2.45) is 0 Å². The van der Waals surface area contributed by atoms with Crippen LogP contribution in [0.25, 0.3) is 22.3 Å². The van der Waals surface area contributed by atoms with Crippen molar-refractivity contribution in [2.45, 2.75) is 6.61 Å². The lowest BCUT2D eigenvalue weighted by molar-refractivity contribution is -0.0495. The Balaban J connectivity index is 1.70. The third kappa shape index (κ3) is 3.32. The Kier molecular flexibility index (Phi) is 4.42. The predicted octanol–water partition coefficient (Wildman–Crippen LogP) is 2.98. The zero-order valence-electron chi connectivity index (χ0n) is 14.3. The van der Waals surface area contributed by atoms with E-state index in [1.807, 2.05) is 18.2 Å². The lowest BCUT2D eigenvalue weighted by Crippen LogP contribution is -2.44. The highest BCUT2D eigenvalue weighted by Gasteiger charge is 2.20. The normalized spacial score (nSPS) is 15.8. The van der Waals surface area contributed by atoms with Gasteiger partial charge in [0.05, 0.1) is 5.69 Å². The second-order valence-corrected chi connectivity index (χ2v) is 6.36. The van der Waals surface area contributed by atoms with E-state index < -0.39 is 6.61 Å². The van der Waals surface area contributed by atoms with E-state index in [1.165, 1.54) is 6.33 Å². The summed E-state index contributed by atoms with van der Waals surface area (Å²) in [5.74, 6) is 0.187. The molecule has 3 heterocycles. The van der Waals surface area contributed by atoms with Crippen molar-refractivity contribution in [1.82, 2.24) is 19.9 Å². The van der Waals surface area contributed by atoms with Crippen molar-refractivity contribution < 1.29 is 13.5 Å². The first-order chi connectivity index (χ1) is 12.6. The van der Waals surface area contributed by atoms with E-state index in [9.17, 15) is 8.78 Å². The van der Waals surface area contributed by atoms with Crippen LogP contribution in [-0.2, 0) is 0 Å². The SMILES string of the molecule is CN1CCN(c2ccc(-c3cc4cncnc4[nH]3)cc2OC(F)F)CC1. The minimum absolute atomic E-state index is 0.187. The summed E-state index contributed by atoms with van der Waals surface area (Å²) in [5, 5.41) is 0.863. The summed E-state index contributed by atoms with van der Waals surface area (Å²) in [4.78, 5) is 15.6. The number of aromatic nitrogens is 3. The number of H-pyrrole nitrogens is 1. The molecule has 3 aromatic rings. The van der Waals surface area contributed by atoms with Crippen LogP contribution in [0.15, 0.2) is 36.8 Å². The average Bonchev–Trinajstić information content (AvgIpc) is 3.06. The Bertz CT molecular complexity index is 872. The summed E-state index contributed by atoms with van der Waals surface area (Å²) >= 11 is 0. The van der Waals surface area contributed by atoms with E-state index in [4.69, 9.17) is 4.74 Å². The van der Waals surface area contributed by atoms with Gasteiger partial charge in [0.1, 0.15) is 17.7 Å². The van der Waals surface area contributed by atoms with Crippen molar-refractivity contribution in [3.63, 3.8) is 0 Å². The number of hydrogen-bond acceptors (Lipinski definition) is 5. The molecule has 1 N–H and O–H groups in total. The largest absolute Gasteiger partial charge is 0.433 e. The van der Waals surface area contributed by atoms with Gasteiger partial charge in [0.15, 0.2) is 0 Å². The smallest absolute Gasteiger partial charge is 0.387 e. The molecular weight excluding hydrogens is 340 g/mol. The highest BCUT2D eigenvalue weighted by Crippen LogP contribution is 2.35. The fourth-order valence-electron chi connectivity index (χ4n) is 3.21. The predicted molar refractivity (Wildman–Crippen MR) is 95.7 cm³/mol. The maximum atomic E-state index is 13.0. The Morgan fingerprint density at radius 1 is 1.15 bits per heavy atom. The molecule has 26 heavy (non-hydrogen) atoms. The van der Waals surface area contributed by atoms with Crippen LogP contribution in [-0.4, -0.2) is 59.7 Å². The molecule has 0 radical (unpaired) electrons. The summed E-state index contributed by atoms with van der Waals surface area (Å²) < 4.78 is 30.7. The molecule has 2 aromatic heterocycles. The topological polar surface area (TPSA) is 57.3 Å². The van der Waals surface area contributed by atoms with E-state index >= 15 is 0 Å². The van der Waals surface area contributed by atoms with Gasteiger partial charge in [-0.1, -0.05) is 6.07 Å². The van der Waals surface area contributed by atoms with Crippen molar-refractivity contribution in [1.29, 1.82) is 0 Å². The maximum absolute atomic E-state index is 13.0. The fourth-order valence-corrected chi connectivity index (χ4v) is 3.21. The maximum Gasteiger partial charge on any atom is 0.387 e. The number of nitrogens with zero attached hydrogens (tertiary/aromatic N) is 4. The number of halogens is 2. The lowest BCUT2D eigenvalue weighted by Gasteiger charge is -2.34. The molecule has 6 nitrogen and oxygen atoms in total. The number of piperazine rings is 1. The van der Waals surface area contributed by atoms with Gasteiger partial charge in [-0.3, -0.25) is 0 Å². The summed E-state index contributed by atoms with van der Waals surface area (Å²) in [7, 11) is 2.05. The van der Waals surface area contributed by atoms with Crippen LogP contribution in [0.2, 0.25) is 0 Å². The van der Waals surface area contributed by atoms with Gasteiger partial charge in [0.25, 0.3) is 0 Å². The van der Waals surface area contributed by atoms with Gasteiger partial charge in [0, 0.05) is 49.0 Å². The lowest BCUT2D eigenvalue weighted by atomic mass is 10.1. The van der Waals surface area contributed by atoms with Crippen molar-refractivity contribution in [3.05, 3.63) is 36.8 Å². The Morgan fingerprint density at radius 2 is 1.96 bits per heavy atom. The number of alkyl halides is 2. The highest BCUT2D eigenvalue weighted by molar-refractivity contribution is 5.83. The number of ether oxygens (including phenoxy) is 1. The first-order valence-corrected chi connectivity index (χ1v) is 8.41. The second-order valence-electron chi connectivity index (χ2n) is 6.36. The van der Waals surface area contributed by atoms with E-state index in [0.29, 0.717) is 11.3 Å². The van der Waals surface area contributed by atoms with E-state index in [0.717, 1.165) is 42.8 Å². The number of hydrogen-bond donors (Lipinski definition) is 1. The van der Waals surface area contributed by atoms with Gasteiger partial charge in [-0.25, -0.2) is 9.97 Å². The molecule has 1 saturated heterocycles. The summed E-state index contributed by atoms with van der Waals surface area (Å²) in [6.07, 6.45) is 3.17. The van der Waals surface area contributed by atoms with E-state index in [2.05, 4.69) is 31.8 Å². The molecule has 0 amide bonds. The third-order valence-corrected chi connectivity index (χ3v) is 4.62. The minimum Gasteiger partial charge on any atom is -0.433 e. The molecule has 4 rings (SSSR count). The molecule has 1 aliphatic heterocycles. The molecule has 0 saturated carbocycles. The van der Waals surface area contributed by atoms with E-state index in [1.54, 1.807) is 12.3 Å². The van der Waals surface area contributed by atoms with Crippen molar-refractivity contribution >= 4 is 16.7 Å². The summed E-state index contributed by atoms with van der Waals surface area (Å²) in [6, 6.07) is 7.30. The minimum atomic E-state index is -2.87. The molecule has 0 aliphatic carbocycles. The molecule has 0 unspecified atom stereocenters. The molecule has 0 spiro atoms. The quantitative estimate of drug-likeness (QED) is 0.776. The average molecular weight is 359 g/mol. The number of rotatable bonds is 4. The van der Waals surface area contributed by atoms with Crippen LogP contribution in [0, 0.1) is 0 Å². The molecule has 8 heteroatoms. The third-order valence-electron chi connectivity index (χ3n) is 4.62. The summed E-state index contributed by atoms with van der Waals surface area (Å²) in [5.41, 5.74) is 2.94. The number of anilines is 1. The molecule has 0 atom stereocenters. The van der Waals surface area contributed by atoms with Crippen LogP contribution in [0.4, 0.5) is 14.5 Å². The van der Waals surface area contributed by atoms with Crippen LogP contribution in [0.5, 0.6) is 5.75 Å². The highest BCUT2D eigenvalue weighted by atomic mass is 19.3. The standard InChI is InChI=1S/C18H19F2N5O/c1-24-4-6-25(7-5-24)15-3-2-12(9-16(15)26-18(19)20)14-8-13-10-21-11-22-17(13)23-14/h2-3,8-11,18H,4-7H2,1H3,(H,21,22,23). The van der Waals surface area contributed by atoms with Gasteiger partial charge in [-0.15, -0.1) is 0 Å². The summed E-state index contributed by atoms with van der Waals surface area (Å²) in [6.45, 7) is 0.451. The molecule has 136 valence electrons. The Morgan fingerprint density at radius 3 is 2.69 bits per heavy atom. The van der Waals surface area contributed by atoms with Gasteiger partial charge in [0.2, 0.25) is 0 Å². The second kappa shape index (κ2) is 6.87. The first kappa shape index (κ1) is 16.7. The molecule has 0 bridgehead atoms. The molecular formula is C18H19F2N5O. The number of aromatic amines is 1. The molecule has 1 fully saturated rings. The van der Waals surface area contributed by atoms with E-state index in [-0.39, 0.29) is 5.75 Å². The van der Waals surface area contributed by atoms with Crippen LogP contribution < -0.4 is 9.64 Å². The zero-order valence-corrected chi connectivity index (χ0v) is 14.3. The molecule has 1 aromatic carbocycles. The number of nitrogens with one attached hydrogen (secondary N) is 1. The van der Waals surface area contributed by atoms with Gasteiger partial charge < -0.3 is 19.5 Å². The fraction of sp³-hybridized carbons (Fsp3) is 0.333. The van der Waals surface area contributed by atoms with Crippen LogP contribution in [0.1, 0.15) is 0 Å². The van der Waals surface area contributed by atoms with Gasteiger partial charge >= 0.3 is 6.61 Å². The zero-order chi connectivity index (χ0) is 18.1. The van der Waals surface area contributed by atoms with Gasteiger partial charge in [-0.05, 0) is 25.2 Å². The monoisotopic (exact) mass is 359 g/mol. The van der Waals surface area contributed by atoms with Crippen molar-refractivity contribution in [2.75, 3.05) is 38.1 Å². The number of fused-ring (bicyclic) bond motifs is 1. The van der Waals surface area contributed by atoms with Crippen LogP contribution in [0.3, 0.4) is 0 Å². The van der Waals surface area contributed by atoms with Gasteiger partial charge in [-0.2, -0.15) is 8.78 Å².